The molecule has 36 heavy (non-hydrogen) atoms. The molecule has 5 rings (SSSR count). The predicted molar refractivity (Wildman–Crippen MR) is 135 cm³/mol. The molecule has 3 amide bonds. The van der Waals surface area contributed by atoms with Crippen molar-refractivity contribution in [3.05, 3.63) is 94.6 Å². The first kappa shape index (κ1) is 24.1. The van der Waals surface area contributed by atoms with E-state index in [0.717, 1.165) is 11.1 Å². The molecule has 1 atom stereocenters. The molecule has 1 unspecified atom stereocenters. The van der Waals surface area contributed by atoms with Crippen LogP contribution in [0.4, 0.5) is 19.3 Å². The van der Waals surface area contributed by atoms with E-state index in [1.807, 2.05) is 31.2 Å². The number of nitrogens with zero attached hydrogens (tertiary/aromatic N) is 2. The number of ether oxygens (including phenoxy) is 1. The fourth-order valence-corrected chi connectivity index (χ4v) is 6.27. The minimum atomic E-state index is -1.36. The van der Waals surface area contributed by atoms with E-state index in [1.165, 1.54) is 46.9 Å². The number of hydrogen-bond donors (Lipinski definition) is 1. The first-order chi connectivity index (χ1) is 17.3. The van der Waals surface area contributed by atoms with Crippen molar-refractivity contribution in [2.45, 2.75) is 24.9 Å². The minimum Gasteiger partial charge on any atom is -0.497 e. The van der Waals surface area contributed by atoms with Crippen molar-refractivity contribution in [3.8, 4) is 5.75 Å². The monoisotopic (exact) mass is 509 g/mol. The highest BCUT2D eigenvalue weighted by atomic mass is 32.2. The molecule has 0 bridgehead atoms. The molecule has 0 aromatic heterocycles. The van der Waals surface area contributed by atoms with E-state index in [2.05, 4.69) is 5.32 Å². The van der Waals surface area contributed by atoms with Crippen LogP contribution in [0.5, 0.6) is 5.75 Å². The van der Waals surface area contributed by atoms with E-state index in [1.54, 1.807) is 18.2 Å². The van der Waals surface area contributed by atoms with Crippen LogP contribution in [0.15, 0.2) is 60.7 Å². The molecule has 186 valence electrons. The normalized spacial score (nSPS) is 18.6. The van der Waals surface area contributed by atoms with Crippen molar-refractivity contribution >= 4 is 29.4 Å². The summed E-state index contributed by atoms with van der Waals surface area (Å²) < 4.78 is 34.4. The van der Waals surface area contributed by atoms with E-state index >= 15 is 0 Å². The summed E-state index contributed by atoms with van der Waals surface area (Å²) in [6.45, 7) is 2.33. The Balaban J connectivity index is 1.51. The molecular weight excluding hydrogens is 484 g/mol. The van der Waals surface area contributed by atoms with E-state index in [9.17, 15) is 18.4 Å². The molecule has 2 heterocycles. The lowest BCUT2D eigenvalue weighted by atomic mass is 10.1. The van der Waals surface area contributed by atoms with Gasteiger partial charge in [0.25, 0.3) is 5.91 Å². The average molecular weight is 510 g/mol. The highest BCUT2D eigenvalue weighted by molar-refractivity contribution is 8.01. The quantitative estimate of drug-likeness (QED) is 0.529. The summed E-state index contributed by atoms with van der Waals surface area (Å²) >= 11 is 1.34. The molecule has 3 aromatic carbocycles. The molecule has 6 nitrogen and oxygen atoms in total. The van der Waals surface area contributed by atoms with Crippen LogP contribution in [0.25, 0.3) is 0 Å². The van der Waals surface area contributed by atoms with Gasteiger partial charge in [-0.1, -0.05) is 35.9 Å². The third-order valence-corrected chi connectivity index (χ3v) is 7.97. The number of rotatable bonds is 5. The van der Waals surface area contributed by atoms with Gasteiger partial charge in [0.15, 0.2) is 4.87 Å². The maximum atomic E-state index is 14.5. The summed E-state index contributed by atoms with van der Waals surface area (Å²) in [4.78, 5) is 29.0. The first-order valence-electron chi connectivity index (χ1n) is 11.5. The second kappa shape index (κ2) is 9.46. The molecule has 1 spiro atoms. The lowest BCUT2D eigenvalue weighted by Crippen LogP contribution is -2.53. The molecule has 1 fully saturated rings. The van der Waals surface area contributed by atoms with Crippen molar-refractivity contribution in [2.24, 2.45) is 0 Å². The summed E-state index contributed by atoms with van der Waals surface area (Å²) in [6.07, 6.45) is 0. The smallest absolute Gasteiger partial charge is 0.319 e. The molecule has 1 saturated heterocycles. The van der Waals surface area contributed by atoms with Gasteiger partial charge in [0, 0.05) is 30.0 Å². The zero-order valence-electron chi connectivity index (χ0n) is 19.9. The first-order valence-corrected chi connectivity index (χ1v) is 12.5. The average Bonchev–Trinajstić information content (AvgIpc) is 3.41. The Bertz CT molecular complexity index is 1330. The molecule has 3 aromatic rings. The van der Waals surface area contributed by atoms with Gasteiger partial charge in [-0.2, -0.15) is 0 Å². The van der Waals surface area contributed by atoms with Crippen molar-refractivity contribution in [1.29, 1.82) is 0 Å². The number of urea groups is 1. The maximum Gasteiger partial charge on any atom is 0.319 e. The summed E-state index contributed by atoms with van der Waals surface area (Å²) in [5.74, 6) is -0.826. The Kier molecular flexibility index (Phi) is 6.34. The second-order valence-corrected chi connectivity index (χ2v) is 10.1. The highest BCUT2D eigenvalue weighted by Crippen LogP contribution is 2.55. The molecule has 2 aliphatic rings. The van der Waals surface area contributed by atoms with Gasteiger partial charge in [-0.25, -0.2) is 13.6 Å². The number of anilines is 1. The number of nitrogens with one attached hydrogen (secondary N) is 1. The molecule has 0 radical (unpaired) electrons. The summed E-state index contributed by atoms with van der Waals surface area (Å²) in [6, 6.07) is 16.2. The van der Waals surface area contributed by atoms with Gasteiger partial charge in [-0.05, 0) is 42.8 Å². The third-order valence-electron chi connectivity index (χ3n) is 6.55. The number of carbonyl (C=O) groups is 2. The predicted octanol–water partition coefficient (Wildman–Crippen LogP) is 4.94. The Morgan fingerprint density at radius 3 is 2.58 bits per heavy atom. The Morgan fingerprint density at radius 1 is 1.11 bits per heavy atom. The van der Waals surface area contributed by atoms with Crippen molar-refractivity contribution in [1.82, 2.24) is 10.2 Å². The molecule has 9 heteroatoms. The van der Waals surface area contributed by atoms with Crippen molar-refractivity contribution in [3.63, 3.8) is 0 Å². The molecule has 0 aliphatic carbocycles. The van der Waals surface area contributed by atoms with Crippen LogP contribution < -0.4 is 15.0 Å². The third kappa shape index (κ3) is 3.97. The highest BCUT2D eigenvalue weighted by Gasteiger charge is 2.59. The number of carbonyl (C=O) groups excluding carboxylic acids is 2. The Hall–Kier alpha value is -3.59. The van der Waals surface area contributed by atoms with Crippen LogP contribution in [0.1, 0.15) is 22.3 Å². The summed E-state index contributed by atoms with van der Waals surface area (Å²) in [5, 5.41) is 2.93. The van der Waals surface area contributed by atoms with Gasteiger partial charge in [-0.15, -0.1) is 11.8 Å². The van der Waals surface area contributed by atoms with Crippen LogP contribution in [0, 0.1) is 18.6 Å². The van der Waals surface area contributed by atoms with Crippen LogP contribution in [0.3, 0.4) is 0 Å². The maximum absolute atomic E-state index is 14.5. The fraction of sp³-hybridized carbons (Fsp3) is 0.259. The Labute approximate surface area is 212 Å². The van der Waals surface area contributed by atoms with Gasteiger partial charge in [-0.3, -0.25) is 9.69 Å². The largest absolute Gasteiger partial charge is 0.497 e. The van der Waals surface area contributed by atoms with Gasteiger partial charge < -0.3 is 15.0 Å². The van der Waals surface area contributed by atoms with Crippen LogP contribution >= 0.6 is 11.8 Å². The number of fused-ring (bicyclic) bond motifs is 2. The number of amides is 3. The van der Waals surface area contributed by atoms with Gasteiger partial charge >= 0.3 is 6.03 Å². The molecule has 2 aliphatic heterocycles. The van der Waals surface area contributed by atoms with Crippen LogP contribution in [-0.4, -0.2) is 36.2 Å². The van der Waals surface area contributed by atoms with E-state index in [-0.39, 0.29) is 18.1 Å². The van der Waals surface area contributed by atoms with Gasteiger partial charge in [0.05, 0.1) is 19.3 Å². The van der Waals surface area contributed by atoms with Crippen LogP contribution in [-0.2, 0) is 22.8 Å². The topological polar surface area (TPSA) is 61.9 Å². The molecule has 0 saturated carbocycles. The van der Waals surface area contributed by atoms with Crippen LogP contribution in [0.2, 0.25) is 0 Å². The van der Waals surface area contributed by atoms with Crippen molar-refractivity contribution in [2.75, 3.05) is 24.3 Å². The second-order valence-electron chi connectivity index (χ2n) is 8.77. The molecule has 1 N–H and O–H groups in total. The number of benzene rings is 3. The lowest BCUT2D eigenvalue weighted by Gasteiger charge is -2.33. The zero-order valence-corrected chi connectivity index (χ0v) is 20.7. The van der Waals surface area contributed by atoms with E-state index in [4.69, 9.17) is 4.74 Å². The number of aryl methyl sites for hydroxylation is 1. The number of halogens is 2. The van der Waals surface area contributed by atoms with Crippen molar-refractivity contribution < 1.29 is 23.1 Å². The SMILES string of the molecule is COc1ccc2c(c1)C1(SCCN1C(=O)NCc1cccc(C)c1)C(=O)N2Cc1c(F)cccc1F. The Morgan fingerprint density at radius 2 is 1.86 bits per heavy atom. The molecular formula is C27H25F2N3O3S. The fourth-order valence-electron chi connectivity index (χ4n) is 4.82. The van der Waals surface area contributed by atoms with E-state index in [0.29, 0.717) is 35.8 Å². The standard InChI is InChI=1S/C27H25F2N3O3S/c1-17-5-3-6-18(13-17)15-30-26(34)32-11-12-36-27(32)21-14-19(35-2)9-10-24(21)31(25(27)33)16-20-22(28)7-4-8-23(20)29/h3-10,13-14H,11-12,15-16H2,1-2H3,(H,30,34). The zero-order chi connectivity index (χ0) is 25.4. The summed E-state index contributed by atoms with van der Waals surface area (Å²) in [7, 11) is 1.52. The van der Waals surface area contributed by atoms with E-state index < -0.39 is 22.4 Å². The lowest BCUT2D eigenvalue weighted by molar-refractivity contribution is -0.123. The number of methoxy groups -OCH3 is 1. The van der Waals surface area contributed by atoms with Gasteiger partial charge in [0.2, 0.25) is 0 Å². The summed E-state index contributed by atoms with van der Waals surface area (Å²) in [5.41, 5.74) is 2.88. The number of thioether (sulfide) groups is 1. The number of hydrogen-bond acceptors (Lipinski definition) is 4. The van der Waals surface area contributed by atoms with Gasteiger partial charge in [0.1, 0.15) is 17.4 Å². The minimum absolute atomic E-state index is 0.205.